The van der Waals surface area contributed by atoms with Gasteiger partial charge in [-0.05, 0) is 24.5 Å². The van der Waals surface area contributed by atoms with Crippen molar-refractivity contribution in [1.29, 1.82) is 0 Å². The Morgan fingerprint density at radius 3 is 2.89 bits per heavy atom. The summed E-state index contributed by atoms with van der Waals surface area (Å²) in [5, 5.41) is 9.12. The van der Waals surface area contributed by atoms with E-state index in [9.17, 15) is 9.18 Å². The van der Waals surface area contributed by atoms with Gasteiger partial charge in [0.2, 0.25) is 0 Å². The van der Waals surface area contributed by atoms with Crippen LogP contribution in [0, 0.1) is 17.7 Å². The molecule has 2 atom stereocenters. The molecule has 1 fully saturated rings. The van der Waals surface area contributed by atoms with Crippen LogP contribution < -0.4 is 0 Å². The van der Waals surface area contributed by atoms with Gasteiger partial charge in [-0.3, -0.25) is 9.69 Å². The molecule has 0 amide bonds. The van der Waals surface area contributed by atoms with Crippen LogP contribution in [-0.4, -0.2) is 29.1 Å². The zero-order valence-corrected chi connectivity index (χ0v) is 12.4. The van der Waals surface area contributed by atoms with Crippen molar-refractivity contribution in [2.45, 2.75) is 19.9 Å². The van der Waals surface area contributed by atoms with Gasteiger partial charge in [0.1, 0.15) is 5.82 Å². The summed E-state index contributed by atoms with van der Waals surface area (Å²) in [4.78, 5) is 13.1. The standard InChI is InChI=1S/C14H17BrFNO2/c1-9-4-11(14(18)19)8-17(6-9)7-10-2-3-12(15)5-13(10)16/h2-3,5,9,11H,4,6-8H2,1H3,(H,18,19). The van der Waals surface area contributed by atoms with Gasteiger partial charge in [-0.15, -0.1) is 0 Å². The Balaban J connectivity index is 2.07. The normalized spacial score (nSPS) is 24.4. The van der Waals surface area contributed by atoms with Crippen molar-refractivity contribution in [3.8, 4) is 0 Å². The molecule has 2 unspecified atom stereocenters. The summed E-state index contributed by atoms with van der Waals surface area (Å²) in [6.45, 7) is 3.82. The van der Waals surface area contributed by atoms with Gasteiger partial charge >= 0.3 is 5.97 Å². The van der Waals surface area contributed by atoms with E-state index >= 15 is 0 Å². The van der Waals surface area contributed by atoms with E-state index in [-0.39, 0.29) is 11.7 Å². The largest absolute Gasteiger partial charge is 0.481 e. The fourth-order valence-corrected chi connectivity index (χ4v) is 2.99. The molecule has 0 saturated carbocycles. The van der Waals surface area contributed by atoms with Crippen LogP contribution in [0.5, 0.6) is 0 Å². The molecule has 1 aliphatic heterocycles. The predicted octanol–water partition coefficient (Wildman–Crippen LogP) is 3.13. The van der Waals surface area contributed by atoms with Crippen molar-refractivity contribution in [2.24, 2.45) is 11.8 Å². The first-order valence-corrected chi connectivity index (χ1v) is 7.14. The van der Waals surface area contributed by atoms with E-state index in [1.165, 1.54) is 6.07 Å². The lowest BCUT2D eigenvalue weighted by molar-refractivity contribution is -0.144. The lowest BCUT2D eigenvalue weighted by Crippen LogP contribution is -2.42. The fraction of sp³-hybridized carbons (Fsp3) is 0.500. The summed E-state index contributed by atoms with van der Waals surface area (Å²) in [5.74, 6) is -1.03. The van der Waals surface area contributed by atoms with E-state index < -0.39 is 5.97 Å². The molecule has 0 aromatic heterocycles. The van der Waals surface area contributed by atoms with Crippen LogP contribution in [0.4, 0.5) is 4.39 Å². The highest BCUT2D eigenvalue weighted by Gasteiger charge is 2.29. The number of rotatable bonds is 3. The summed E-state index contributed by atoms with van der Waals surface area (Å²) in [7, 11) is 0. The second-order valence-corrected chi connectivity index (χ2v) is 6.22. The van der Waals surface area contributed by atoms with Gasteiger partial charge < -0.3 is 5.11 Å². The highest BCUT2D eigenvalue weighted by Crippen LogP contribution is 2.24. The topological polar surface area (TPSA) is 40.5 Å². The van der Waals surface area contributed by atoms with Crippen LogP contribution >= 0.6 is 15.9 Å². The lowest BCUT2D eigenvalue weighted by atomic mass is 9.90. The Kier molecular flexibility index (Phi) is 4.58. The lowest BCUT2D eigenvalue weighted by Gasteiger charge is -2.34. The number of carboxylic acids is 1. The van der Waals surface area contributed by atoms with Crippen molar-refractivity contribution in [3.63, 3.8) is 0 Å². The number of aliphatic carboxylic acids is 1. The fourth-order valence-electron chi connectivity index (χ4n) is 2.66. The van der Waals surface area contributed by atoms with Gasteiger partial charge in [-0.1, -0.05) is 28.9 Å². The molecule has 1 aromatic rings. The maximum atomic E-state index is 13.8. The van der Waals surface area contributed by atoms with Crippen molar-refractivity contribution < 1.29 is 14.3 Å². The van der Waals surface area contributed by atoms with Crippen molar-refractivity contribution in [3.05, 3.63) is 34.1 Å². The Hall–Kier alpha value is -0.940. The molecule has 19 heavy (non-hydrogen) atoms. The molecule has 5 heteroatoms. The van der Waals surface area contributed by atoms with Gasteiger partial charge in [-0.2, -0.15) is 0 Å². The van der Waals surface area contributed by atoms with Crippen molar-refractivity contribution >= 4 is 21.9 Å². The maximum Gasteiger partial charge on any atom is 0.307 e. The average Bonchev–Trinajstić information content (AvgIpc) is 2.32. The smallest absolute Gasteiger partial charge is 0.307 e. The van der Waals surface area contributed by atoms with E-state index in [0.717, 1.165) is 6.54 Å². The monoisotopic (exact) mass is 329 g/mol. The van der Waals surface area contributed by atoms with Crippen LogP contribution in [0.2, 0.25) is 0 Å². The number of hydrogen-bond donors (Lipinski definition) is 1. The Labute approximate surface area is 120 Å². The molecule has 1 saturated heterocycles. The van der Waals surface area contributed by atoms with Gasteiger partial charge in [0.25, 0.3) is 0 Å². The van der Waals surface area contributed by atoms with Gasteiger partial charge in [-0.25, -0.2) is 4.39 Å². The summed E-state index contributed by atoms with van der Waals surface area (Å²) in [6.07, 6.45) is 0.703. The third kappa shape index (κ3) is 3.76. The summed E-state index contributed by atoms with van der Waals surface area (Å²) >= 11 is 3.23. The first-order chi connectivity index (χ1) is 8.95. The molecule has 104 valence electrons. The highest BCUT2D eigenvalue weighted by atomic mass is 79.9. The number of carboxylic acid groups (broad SMARTS) is 1. The average molecular weight is 330 g/mol. The molecule has 1 N–H and O–H groups in total. The number of nitrogens with zero attached hydrogens (tertiary/aromatic N) is 1. The molecule has 0 aliphatic carbocycles. The molecule has 1 aliphatic rings. The SMILES string of the molecule is CC1CC(C(=O)O)CN(Cc2ccc(Br)cc2F)C1. The highest BCUT2D eigenvalue weighted by molar-refractivity contribution is 9.10. The minimum atomic E-state index is -0.757. The van der Waals surface area contributed by atoms with Gasteiger partial charge in [0.05, 0.1) is 5.92 Å². The first-order valence-electron chi connectivity index (χ1n) is 6.34. The van der Waals surface area contributed by atoms with Crippen LogP contribution in [-0.2, 0) is 11.3 Å². The van der Waals surface area contributed by atoms with E-state index in [1.54, 1.807) is 12.1 Å². The summed E-state index contributed by atoms with van der Waals surface area (Å²) in [5.41, 5.74) is 0.612. The Bertz CT molecular complexity index is 481. The molecule has 0 bridgehead atoms. The number of likely N-dealkylation sites (tertiary alicyclic amines) is 1. The minimum absolute atomic E-state index is 0.250. The van der Waals surface area contributed by atoms with Gasteiger partial charge in [0.15, 0.2) is 0 Å². The molecule has 1 aromatic carbocycles. The van der Waals surface area contributed by atoms with Crippen molar-refractivity contribution in [1.82, 2.24) is 4.90 Å². The second-order valence-electron chi connectivity index (χ2n) is 5.31. The minimum Gasteiger partial charge on any atom is -0.481 e. The van der Waals surface area contributed by atoms with Crippen LogP contribution in [0.15, 0.2) is 22.7 Å². The van der Waals surface area contributed by atoms with Crippen LogP contribution in [0.3, 0.4) is 0 Å². The second kappa shape index (κ2) is 6.01. The molecular formula is C14H17BrFNO2. The van der Waals surface area contributed by atoms with Crippen LogP contribution in [0.1, 0.15) is 18.9 Å². The molecule has 3 nitrogen and oxygen atoms in total. The third-order valence-corrected chi connectivity index (χ3v) is 3.99. The molecular weight excluding hydrogens is 313 g/mol. The van der Waals surface area contributed by atoms with E-state index in [4.69, 9.17) is 5.11 Å². The number of hydrogen-bond acceptors (Lipinski definition) is 2. The summed E-state index contributed by atoms with van der Waals surface area (Å²) < 4.78 is 14.5. The predicted molar refractivity (Wildman–Crippen MR) is 74.3 cm³/mol. The molecule has 1 heterocycles. The van der Waals surface area contributed by atoms with E-state index in [0.29, 0.717) is 35.5 Å². The Morgan fingerprint density at radius 1 is 1.53 bits per heavy atom. The number of halogens is 2. The van der Waals surface area contributed by atoms with E-state index in [1.807, 2.05) is 11.8 Å². The van der Waals surface area contributed by atoms with Crippen molar-refractivity contribution in [2.75, 3.05) is 13.1 Å². The molecule has 2 rings (SSSR count). The molecule has 0 radical (unpaired) electrons. The molecule has 0 spiro atoms. The summed E-state index contributed by atoms with van der Waals surface area (Å²) in [6, 6.07) is 4.99. The quantitative estimate of drug-likeness (QED) is 0.926. The van der Waals surface area contributed by atoms with Crippen LogP contribution in [0.25, 0.3) is 0 Å². The zero-order chi connectivity index (χ0) is 14.0. The maximum absolute atomic E-state index is 13.8. The third-order valence-electron chi connectivity index (χ3n) is 3.49. The zero-order valence-electron chi connectivity index (χ0n) is 10.8. The number of benzene rings is 1. The first kappa shape index (κ1) is 14.5. The number of carbonyl (C=O) groups is 1. The number of piperidine rings is 1. The van der Waals surface area contributed by atoms with Gasteiger partial charge in [0, 0.05) is 29.7 Å². The van der Waals surface area contributed by atoms with E-state index in [2.05, 4.69) is 15.9 Å². The Morgan fingerprint density at radius 2 is 2.26 bits per heavy atom.